The second-order valence-corrected chi connectivity index (χ2v) is 3.74. The molecule has 0 spiro atoms. The predicted molar refractivity (Wildman–Crippen MR) is 60.4 cm³/mol. The molecule has 0 saturated carbocycles. The fourth-order valence-electron chi connectivity index (χ4n) is 1.94. The van der Waals surface area contributed by atoms with Crippen LogP contribution in [-0.4, -0.2) is 4.98 Å². The van der Waals surface area contributed by atoms with Crippen molar-refractivity contribution in [2.75, 3.05) is 0 Å². The average molecular weight is 185 g/mol. The lowest BCUT2D eigenvalue weighted by atomic mass is 10.0. The third-order valence-electron chi connectivity index (χ3n) is 2.75. The van der Waals surface area contributed by atoms with Gasteiger partial charge in [-0.2, -0.15) is 0 Å². The van der Waals surface area contributed by atoms with E-state index in [1.165, 1.54) is 28.1 Å². The lowest BCUT2D eigenvalue weighted by molar-refractivity contribution is 1.18. The van der Waals surface area contributed by atoms with Gasteiger partial charge in [-0.1, -0.05) is 30.3 Å². The Morgan fingerprint density at radius 1 is 0.857 bits per heavy atom. The Morgan fingerprint density at radius 2 is 1.50 bits per heavy atom. The third-order valence-corrected chi connectivity index (χ3v) is 2.75. The Hall–Kier alpha value is -1.50. The van der Waals surface area contributed by atoms with Crippen molar-refractivity contribution < 1.29 is 0 Å². The van der Waals surface area contributed by atoms with Crippen molar-refractivity contribution in [3.8, 4) is 11.1 Å². The van der Waals surface area contributed by atoms with Crippen molar-refractivity contribution in [2.45, 2.75) is 20.8 Å². The van der Waals surface area contributed by atoms with Crippen LogP contribution in [0.25, 0.3) is 11.1 Å². The summed E-state index contributed by atoms with van der Waals surface area (Å²) in [6.07, 6.45) is 0. The molecule has 14 heavy (non-hydrogen) atoms. The second kappa shape index (κ2) is 3.33. The van der Waals surface area contributed by atoms with Crippen LogP contribution in [-0.2, 0) is 0 Å². The first-order valence-electron chi connectivity index (χ1n) is 4.91. The van der Waals surface area contributed by atoms with Crippen molar-refractivity contribution in [2.24, 2.45) is 0 Å². The Kier molecular flexibility index (Phi) is 2.16. The molecule has 1 heterocycles. The highest BCUT2D eigenvalue weighted by Gasteiger charge is 2.09. The highest BCUT2D eigenvalue weighted by molar-refractivity contribution is 5.70. The summed E-state index contributed by atoms with van der Waals surface area (Å²) in [6.45, 7) is 6.41. The third kappa shape index (κ3) is 1.35. The average Bonchev–Trinajstić information content (AvgIpc) is 2.43. The van der Waals surface area contributed by atoms with Crippen LogP contribution in [0.15, 0.2) is 30.3 Å². The second-order valence-electron chi connectivity index (χ2n) is 3.74. The zero-order chi connectivity index (χ0) is 10.1. The molecule has 1 nitrogen and oxygen atoms in total. The lowest BCUT2D eigenvalue weighted by Gasteiger charge is -2.01. The summed E-state index contributed by atoms with van der Waals surface area (Å²) in [5.41, 5.74) is 6.52. The highest BCUT2D eigenvalue weighted by Crippen LogP contribution is 2.28. The van der Waals surface area contributed by atoms with Crippen molar-refractivity contribution in [1.82, 2.24) is 4.98 Å². The molecule has 0 fully saturated rings. The van der Waals surface area contributed by atoms with Crippen LogP contribution >= 0.6 is 0 Å². The van der Waals surface area contributed by atoms with Crippen LogP contribution in [0.5, 0.6) is 0 Å². The molecule has 1 aromatic carbocycles. The SMILES string of the molecule is Cc1[nH]c(C)c(-c2ccccc2)c1C. The van der Waals surface area contributed by atoms with Crippen molar-refractivity contribution in [1.29, 1.82) is 0 Å². The molecule has 0 aliphatic heterocycles. The molecule has 0 radical (unpaired) electrons. The number of benzene rings is 1. The van der Waals surface area contributed by atoms with Gasteiger partial charge in [0.2, 0.25) is 0 Å². The molecule has 0 atom stereocenters. The smallest absolute Gasteiger partial charge is 0.0200 e. The predicted octanol–water partition coefficient (Wildman–Crippen LogP) is 3.61. The molecule has 0 saturated heterocycles. The molecule has 0 bridgehead atoms. The molecule has 0 amide bonds. The van der Waals surface area contributed by atoms with Gasteiger partial charge >= 0.3 is 0 Å². The number of H-pyrrole nitrogens is 1. The van der Waals surface area contributed by atoms with E-state index in [2.05, 4.69) is 50.0 Å². The molecule has 1 aromatic heterocycles. The maximum absolute atomic E-state index is 3.37. The number of hydrogen-bond donors (Lipinski definition) is 1. The van der Waals surface area contributed by atoms with E-state index in [-0.39, 0.29) is 0 Å². The van der Waals surface area contributed by atoms with Gasteiger partial charge < -0.3 is 4.98 Å². The van der Waals surface area contributed by atoms with Crippen LogP contribution in [0, 0.1) is 20.8 Å². The monoisotopic (exact) mass is 185 g/mol. The summed E-state index contributed by atoms with van der Waals surface area (Å²) in [5, 5.41) is 0. The summed E-state index contributed by atoms with van der Waals surface area (Å²) in [4.78, 5) is 3.37. The van der Waals surface area contributed by atoms with Gasteiger partial charge in [-0.25, -0.2) is 0 Å². The molecule has 0 aliphatic carbocycles. The van der Waals surface area contributed by atoms with E-state index >= 15 is 0 Å². The number of aromatic amines is 1. The quantitative estimate of drug-likeness (QED) is 0.698. The van der Waals surface area contributed by atoms with E-state index in [1.54, 1.807) is 0 Å². The fourth-order valence-corrected chi connectivity index (χ4v) is 1.94. The van der Waals surface area contributed by atoms with Crippen LogP contribution in [0.2, 0.25) is 0 Å². The maximum atomic E-state index is 3.37. The summed E-state index contributed by atoms with van der Waals surface area (Å²) in [6, 6.07) is 10.5. The summed E-state index contributed by atoms with van der Waals surface area (Å²) in [5.74, 6) is 0. The topological polar surface area (TPSA) is 15.8 Å². The molecule has 72 valence electrons. The maximum Gasteiger partial charge on any atom is 0.0200 e. The summed E-state index contributed by atoms with van der Waals surface area (Å²) >= 11 is 0. The minimum Gasteiger partial charge on any atom is -0.362 e. The van der Waals surface area contributed by atoms with Gasteiger partial charge in [-0.05, 0) is 31.9 Å². The van der Waals surface area contributed by atoms with Crippen molar-refractivity contribution in [3.63, 3.8) is 0 Å². The Labute approximate surface area is 84.8 Å². The molecule has 1 heteroatoms. The standard InChI is InChI=1S/C13H15N/c1-9-10(2)14-11(3)13(9)12-7-5-4-6-8-12/h4-8,14H,1-3H3. The molecule has 2 aromatic rings. The lowest BCUT2D eigenvalue weighted by Crippen LogP contribution is -1.80. The first kappa shape index (κ1) is 9.07. The van der Waals surface area contributed by atoms with Gasteiger partial charge in [0.05, 0.1) is 0 Å². The number of hydrogen-bond acceptors (Lipinski definition) is 0. The van der Waals surface area contributed by atoms with Gasteiger partial charge in [-0.15, -0.1) is 0 Å². The van der Waals surface area contributed by atoms with Crippen LogP contribution in [0.4, 0.5) is 0 Å². The molecule has 0 unspecified atom stereocenters. The summed E-state index contributed by atoms with van der Waals surface area (Å²) in [7, 11) is 0. The molecule has 1 N–H and O–H groups in total. The van der Waals surface area contributed by atoms with E-state index in [4.69, 9.17) is 0 Å². The minimum atomic E-state index is 1.26. The van der Waals surface area contributed by atoms with E-state index in [1.807, 2.05) is 6.07 Å². The molecule has 0 aliphatic rings. The van der Waals surface area contributed by atoms with Gasteiger partial charge in [0, 0.05) is 17.0 Å². The Morgan fingerprint density at radius 3 is 2.00 bits per heavy atom. The van der Waals surface area contributed by atoms with E-state index in [9.17, 15) is 0 Å². The minimum absolute atomic E-state index is 1.26. The molecule has 2 rings (SSSR count). The van der Waals surface area contributed by atoms with Crippen molar-refractivity contribution in [3.05, 3.63) is 47.3 Å². The largest absolute Gasteiger partial charge is 0.362 e. The Balaban J connectivity index is 2.62. The zero-order valence-corrected chi connectivity index (χ0v) is 8.89. The van der Waals surface area contributed by atoms with Crippen LogP contribution < -0.4 is 0 Å². The normalized spacial score (nSPS) is 10.5. The van der Waals surface area contributed by atoms with Crippen LogP contribution in [0.1, 0.15) is 17.0 Å². The molecular weight excluding hydrogens is 170 g/mol. The first-order chi connectivity index (χ1) is 6.70. The van der Waals surface area contributed by atoms with E-state index < -0.39 is 0 Å². The fraction of sp³-hybridized carbons (Fsp3) is 0.231. The number of rotatable bonds is 1. The highest BCUT2D eigenvalue weighted by atomic mass is 14.7. The number of aromatic nitrogens is 1. The van der Waals surface area contributed by atoms with E-state index in [0.29, 0.717) is 0 Å². The van der Waals surface area contributed by atoms with Gasteiger partial charge in [0.1, 0.15) is 0 Å². The molecular formula is C13H15N. The van der Waals surface area contributed by atoms with Crippen LogP contribution in [0.3, 0.4) is 0 Å². The Bertz CT molecular complexity index is 438. The number of nitrogens with one attached hydrogen (secondary N) is 1. The number of aryl methyl sites for hydroxylation is 2. The van der Waals surface area contributed by atoms with Gasteiger partial charge in [0.15, 0.2) is 0 Å². The van der Waals surface area contributed by atoms with E-state index in [0.717, 1.165) is 0 Å². The zero-order valence-electron chi connectivity index (χ0n) is 8.89. The summed E-state index contributed by atoms with van der Waals surface area (Å²) < 4.78 is 0. The van der Waals surface area contributed by atoms with Gasteiger partial charge in [0.25, 0.3) is 0 Å². The van der Waals surface area contributed by atoms with Crippen molar-refractivity contribution >= 4 is 0 Å². The van der Waals surface area contributed by atoms with Gasteiger partial charge in [-0.3, -0.25) is 0 Å². The first-order valence-corrected chi connectivity index (χ1v) is 4.91.